The van der Waals surface area contributed by atoms with Gasteiger partial charge in [0.25, 0.3) is 0 Å². The molecule has 0 bridgehead atoms. The van der Waals surface area contributed by atoms with Crippen LogP contribution in [0.15, 0.2) is 35.5 Å². The largest absolute Gasteiger partial charge is 0.294 e. The minimum absolute atomic E-state index is 0.289. The first-order valence-electron chi connectivity index (χ1n) is 4.81. The maximum absolute atomic E-state index is 11.5. The number of hydrogen-bond donors (Lipinski definition) is 0. The molecule has 0 unspecified atom stereocenters. The molecular formula is C12H16O. The van der Waals surface area contributed by atoms with Crippen LogP contribution in [-0.2, 0) is 4.79 Å². The Bertz CT molecular complexity index is 279. The van der Waals surface area contributed by atoms with Crippen LogP contribution in [0.3, 0.4) is 0 Å². The summed E-state index contributed by atoms with van der Waals surface area (Å²) in [5.74, 6) is 0.289. The monoisotopic (exact) mass is 176 g/mol. The van der Waals surface area contributed by atoms with Crippen molar-refractivity contribution >= 4 is 5.78 Å². The van der Waals surface area contributed by atoms with Crippen molar-refractivity contribution in [1.82, 2.24) is 0 Å². The van der Waals surface area contributed by atoms with E-state index < -0.39 is 0 Å². The summed E-state index contributed by atoms with van der Waals surface area (Å²) in [6.45, 7) is 3.96. The van der Waals surface area contributed by atoms with E-state index in [0.717, 1.165) is 18.4 Å². The summed E-state index contributed by atoms with van der Waals surface area (Å²) in [5, 5.41) is 0. The maximum Gasteiger partial charge on any atom is 0.163 e. The van der Waals surface area contributed by atoms with E-state index in [0.29, 0.717) is 6.42 Å². The summed E-state index contributed by atoms with van der Waals surface area (Å²) >= 11 is 0. The third kappa shape index (κ3) is 2.41. The Morgan fingerprint density at radius 2 is 2.00 bits per heavy atom. The summed E-state index contributed by atoms with van der Waals surface area (Å²) in [5.41, 5.74) is 2.11. The van der Waals surface area contributed by atoms with Crippen molar-refractivity contribution in [2.75, 3.05) is 0 Å². The molecule has 0 atom stereocenters. The fourth-order valence-corrected chi connectivity index (χ4v) is 1.58. The first kappa shape index (κ1) is 9.97. The normalized spacial score (nSPS) is 24.9. The molecule has 0 saturated heterocycles. The van der Waals surface area contributed by atoms with Gasteiger partial charge in [0.15, 0.2) is 5.78 Å². The third-order valence-electron chi connectivity index (χ3n) is 2.30. The van der Waals surface area contributed by atoms with Gasteiger partial charge in [-0.25, -0.2) is 0 Å². The Labute approximate surface area is 79.8 Å². The smallest absolute Gasteiger partial charge is 0.163 e. The van der Waals surface area contributed by atoms with Gasteiger partial charge in [0.05, 0.1) is 0 Å². The van der Waals surface area contributed by atoms with E-state index in [9.17, 15) is 4.79 Å². The first-order chi connectivity index (χ1) is 6.29. The number of Topliss-reactive ketones (excluding diaryl/α,β-unsaturated/α-hetero) is 1. The van der Waals surface area contributed by atoms with Crippen LogP contribution in [0.5, 0.6) is 0 Å². The number of allylic oxidation sites excluding steroid dienone is 6. The van der Waals surface area contributed by atoms with Crippen LogP contribution < -0.4 is 0 Å². The fraction of sp³-hybridized carbons (Fsp3) is 0.417. The van der Waals surface area contributed by atoms with Gasteiger partial charge in [-0.1, -0.05) is 24.3 Å². The van der Waals surface area contributed by atoms with Gasteiger partial charge in [-0.3, -0.25) is 4.79 Å². The topological polar surface area (TPSA) is 17.1 Å². The van der Waals surface area contributed by atoms with Crippen LogP contribution in [-0.4, -0.2) is 5.78 Å². The van der Waals surface area contributed by atoms with Gasteiger partial charge in [-0.2, -0.15) is 0 Å². The second-order valence-corrected chi connectivity index (χ2v) is 3.20. The minimum atomic E-state index is 0.289. The Balaban J connectivity index is 2.92. The molecule has 1 rings (SSSR count). The van der Waals surface area contributed by atoms with Crippen molar-refractivity contribution in [2.45, 2.75) is 33.1 Å². The molecule has 1 fully saturated rings. The molecule has 1 saturated carbocycles. The highest BCUT2D eigenvalue weighted by molar-refractivity contribution is 6.00. The summed E-state index contributed by atoms with van der Waals surface area (Å²) in [4.78, 5) is 11.5. The summed E-state index contributed by atoms with van der Waals surface area (Å²) < 4.78 is 0. The maximum atomic E-state index is 11.5. The molecule has 0 heterocycles. The number of carbonyl (C=O) groups excluding carboxylic acids is 1. The van der Waals surface area contributed by atoms with Crippen LogP contribution in [0.4, 0.5) is 0 Å². The van der Waals surface area contributed by atoms with Gasteiger partial charge < -0.3 is 0 Å². The highest BCUT2D eigenvalue weighted by Gasteiger charge is 2.17. The molecule has 1 heteroatoms. The van der Waals surface area contributed by atoms with Crippen molar-refractivity contribution < 1.29 is 4.79 Å². The number of carbonyl (C=O) groups is 1. The second kappa shape index (κ2) is 4.80. The SMILES string of the molecule is C\C=C/C=C1/C(=O)CCC/C1=C/C. The van der Waals surface area contributed by atoms with Gasteiger partial charge in [0.1, 0.15) is 0 Å². The van der Waals surface area contributed by atoms with Crippen molar-refractivity contribution in [3.8, 4) is 0 Å². The lowest BCUT2D eigenvalue weighted by atomic mass is 9.88. The van der Waals surface area contributed by atoms with Crippen molar-refractivity contribution in [3.05, 3.63) is 35.5 Å². The summed E-state index contributed by atoms with van der Waals surface area (Å²) in [7, 11) is 0. The summed E-state index contributed by atoms with van der Waals surface area (Å²) in [6.07, 6.45) is 10.6. The lowest BCUT2D eigenvalue weighted by Gasteiger charge is -2.15. The number of rotatable bonds is 1. The van der Waals surface area contributed by atoms with E-state index in [1.807, 2.05) is 38.2 Å². The zero-order chi connectivity index (χ0) is 9.68. The molecule has 0 aromatic heterocycles. The molecule has 1 aliphatic rings. The van der Waals surface area contributed by atoms with Crippen molar-refractivity contribution in [2.24, 2.45) is 0 Å². The molecule has 0 aliphatic heterocycles. The van der Waals surface area contributed by atoms with Gasteiger partial charge in [-0.05, 0) is 32.3 Å². The lowest BCUT2D eigenvalue weighted by Crippen LogP contribution is -2.10. The predicted molar refractivity (Wildman–Crippen MR) is 55.5 cm³/mol. The number of hydrogen-bond acceptors (Lipinski definition) is 1. The zero-order valence-corrected chi connectivity index (χ0v) is 8.34. The molecule has 13 heavy (non-hydrogen) atoms. The minimum Gasteiger partial charge on any atom is -0.294 e. The quantitative estimate of drug-likeness (QED) is 0.561. The average Bonchev–Trinajstić information content (AvgIpc) is 2.15. The van der Waals surface area contributed by atoms with Crippen LogP contribution in [0.1, 0.15) is 33.1 Å². The highest BCUT2D eigenvalue weighted by atomic mass is 16.1. The van der Waals surface area contributed by atoms with E-state index in [-0.39, 0.29) is 5.78 Å². The Morgan fingerprint density at radius 1 is 1.23 bits per heavy atom. The molecule has 1 aliphatic carbocycles. The van der Waals surface area contributed by atoms with Gasteiger partial charge in [0.2, 0.25) is 0 Å². The highest BCUT2D eigenvalue weighted by Crippen LogP contribution is 2.25. The van der Waals surface area contributed by atoms with E-state index >= 15 is 0 Å². The van der Waals surface area contributed by atoms with E-state index in [4.69, 9.17) is 0 Å². The van der Waals surface area contributed by atoms with Crippen LogP contribution >= 0.6 is 0 Å². The molecule has 0 spiro atoms. The van der Waals surface area contributed by atoms with E-state index in [1.54, 1.807) is 0 Å². The molecule has 0 N–H and O–H groups in total. The van der Waals surface area contributed by atoms with E-state index in [2.05, 4.69) is 0 Å². The molecule has 1 nitrogen and oxygen atoms in total. The molecular weight excluding hydrogens is 160 g/mol. The number of ketones is 1. The average molecular weight is 176 g/mol. The molecule has 0 aromatic carbocycles. The Morgan fingerprint density at radius 3 is 2.62 bits per heavy atom. The van der Waals surface area contributed by atoms with Gasteiger partial charge >= 0.3 is 0 Å². The third-order valence-corrected chi connectivity index (χ3v) is 2.30. The van der Waals surface area contributed by atoms with Crippen molar-refractivity contribution in [3.63, 3.8) is 0 Å². The van der Waals surface area contributed by atoms with Crippen LogP contribution in [0, 0.1) is 0 Å². The Hall–Kier alpha value is -1.11. The molecule has 0 amide bonds. The lowest BCUT2D eigenvalue weighted by molar-refractivity contribution is -0.115. The molecule has 70 valence electrons. The van der Waals surface area contributed by atoms with E-state index in [1.165, 1.54) is 5.57 Å². The molecule has 0 radical (unpaired) electrons. The summed E-state index contributed by atoms with van der Waals surface area (Å²) in [6, 6.07) is 0. The predicted octanol–water partition coefficient (Wildman–Crippen LogP) is 3.19. The van der Waals surface area contributed by atoms with Gasteiger partial charge in [-0.15, -0.1) is 0 Å². The first-order valence-corrected chi connectivity index (χ1v) is 4.81. The van der Waals surface area contributed by atoms with Crippen molar-refractivity contribution in [1.29, 1.82) is 0 Å². The second-order valence-electron chi connectivity index (χ2n) is 3.20. The Kier molecular flexibility index (Phi) is 3.69. The van der Waals surface area contributed by atoms with Gasteiger partial charge in [0, 0.05) is 12.0 Å². The zero-order valence-electron chi connectivity index (χ0n) is 8.34. The van der Waals surface area contributed by atoms with Crippen LogP contribution in [0.25, 0.3) is 0 Å². The molecule has 0 aromatic rings. The standard InChI is InChI=1S/C12H16O/c1-3-5-8-11-10(4-2)7-6-9-12(11)13/h3-5,8H,6-7,9H2,1-2H3/b5-3-,10-4-,11-8+. The fourth-order valence-electron chi connectivity index (χ4n) is 1.58. The van der Waals surface area contributed by atoms with Crippen LogP contribution in [0.2, 0.25) is 0 Å².